The first kappa shape index (κ1) is 15.5. The molecule has 8 heteroatoms. The Morgan fingerprint density at radius 2 is 1.96 bits per heavy atom. The summed E-state index contributed by atoms with van der Waals surface area (Å²) in [6.45, 7) is 4.13. The van der Waals surface area contributed by atoms with Gasteiger partial charge in [0.05, 0.1) is 12.1 Å². The minimum Gasteiger partial charge on any atom is -0.337 e. The highest BCUT2D eigenvalue weighted by atomic mass is 16.2. The van der Waals surface area contributed by atoms with Gasteiger partial charge in [-0.25, -0.2) is 0 Å². The van der Waals surface area contributed by atoms with Crippen molar-refractivity contribution < 1.29 is 4.79 Å². The molecule has 0 atom stereocenters. The summed E-state index contributed by atoms with van der Waals surface area (Å²) in [5, 5.41) is 20.2. The number of nitrogens with one attached hydrogen (secondary N) is 2. The summed E-state index contributed by atoms with van der Waals surface area (Å²) in [5.74, 6) is 2.48. The lowest BCUT2D eigenvalue weighted by atomic mass is 9.95. The molecule has 1 fully saturated rings. The largest absolute Gasteiger partial charge is 0.337 e. The van der Waals surface area contributed by atoms with E-state index in [0.29, 0.717) is 11.6 Å². The second-order valence-electron chi connectivity index (χ2n) is 6.99. The Bertz CT molecular complexity index is 952. The van der Waals surface area contributed by atoms with Crippen LogP contribution in [-0.4, -0.2) is 55.4 Å². The Labute approximate surface area is 150 Å². The summed E-state index contributed by atoms with van der Waals surface area (Å²) >= 11 is 0. The van der Waals surface area contributed by atoms with E-state index in [1.807, 2.05) is 29.2 Å². The third-order valence-electron chi connectivity index (χ3n) is 5.47. The van der Waals surface area contributed by atoms with Gasteiger partial charge in [0.25, 0.3) is 5.91 Å². The van der Waals surface area contributed by atoms with Crippen molar-refractivity contribution in [3.8, 4) is 0 Å². The average Bonchev–Trinajstić information content (AvgIpc) is 3.32. The summed E-state index contributed by atoms with van der Waals surface area (Å²) in [4.78, 5) is 14.8. The number of carbonyl (C=O) groups is 1. The molecule has 3 aromatic rings. The summed E-state index contributed by atoms with van der Waals surface area (Å²) in [6.07, 6.45) is 1.83. The Morgan fingerprint density at radius 1 is 1.12 bits per heavy atom. The van der Waals surface area contributed by atoms with E-state index >= 15 is 0 Å². The van der Waals surface area contributed by atoms with Crippen molar-refractivity contribution in [3.63, 3.8) is 0 Å². The van der Waals surface area contributed by atoms with E-state index in [1.54, 1.807) is 0 Å². The zero-order chi connectivity index (χ0) is 17.5. The van der Waals surface area contributed by atoms with E-state index in [4.69, 9.17) is 0 Å². The van der Waals surface area contributed by atoms with Crippen LogP contribution in [0, 0.1) is 0 Å². The second-order valence-corrected chi connectivity index (χ2v) is 6.99. The number of aromatic amines is 1. The van der Waals surface area contributed by atoms with Crippen LogP contribution in [-0.2, 0) is 13.1 Å². The number of aromatic nitrogens is 5. The number of carbonyl (C=O) groups excluding carboxylic acids is 1. The van der Waals surface area contributed by atoms with Crippen LogP contribution < -0.4 is 5.32 Å². The summed E-state index contributed by atoms with van der Waals surface area (Å²) in [6, 6.07) is 7.75. The quantitative estimate of drug-likeness (QED) is 0.726. The van der Waals surface area contributed by atoms with Crippen LogP contribution >= 0.6 is 0 Å². The molecule has 1 aromatic carbocycles. The van der Waals surface area contributed by atoms with Gasteiger partial charge in [-0.3, -0.25) is 9.89 Å². The Hall–Kier alpha value is -2.74. The molecule has 0 radical (unpaired) electrons. The minimum absolute atomic E-state index is 0.00775. The third kappa shape index (κ3) is 2.48. The number of hydrogen-bond acceptors (Lipinski definition) is 5. The van der Waals surface area contributed by atoms with Gasteiger partial charge in [0.2, 0.25) is 0 Å². The lowest BCUT2D eigenvalue weighted by Crippen LogP contribution is -2.39. The standard InChI is InChI=1S/C18H21N7O/c26-18(16-13-3-1-2-4-14(13)20-22-16)24-8-5-12(6-9-24)17-23-21-15-11-19-7-10-25(15)17/h1-4,12,19H,5-11H2,(H,20,22). The molecule has 0 unspecified atom stereocenters. The van der Waals surface area contributed by atoms with E-state index in [2.05, 4.69) is 30.3 Å². The van der Waals surface area contributed by atoms with Gasteiger partial charge in [-0.2, -0.15) is 5.10 Å². The molecule has 1 amide bonds. The van der Waals surface area contributed by atoms with Crippen molar-refractivity contribution in [2.45, 2.75) is 31.8 Å². The van der Waals surface area contributed by atoms with Gasteiger partial charge < -0.3 is 14.8 Å². The molecule has 1 saturated heterocycles. The molecule has 4 heterocycles. The predicted molar refractivity (Wildman–Crippen MR) is 95.7 cm³/mol. The van der Waals surface area contributed by atoms with E-state index in [0.717, 1.165) is 68.1 Å². The van der Waals surface area contributed by atoms with Crippen molar-refractivity contribution in [2.75, 3.05) is 19.6 Å². The molecular formula is C18H21N7O. The first-order chi connectivity index (χ1) is 12.8. The third-order valence-corrected chi connectivity index (χ3v) is 5.47. The van der Waals surface area contributed by atoms with Crippen LogP contribution in [0.1, 0.15) is 40.9 Å². The molecule has 0 saturated carbocycles. The molecule has 8 nitrogen and oxygen atoms in total. The fraction of sp³-hybridized carbons (Fsp3) is 0.444. The first-order valence-electron chi connectivity index (χ1n) is 9.16. The highest BCUT2D eigenvalue weighted by Crippen LogP contribution is 2.29. The zero-order valence-corrected chi connectivity index (χ0v) is 14.5. The number of benzene rings is 1. The molecule has 0 bridgehead atoms. The van der Waals surface area contributed by atoms with Gasteiger partial charge in [0.1, 0.15) is 11.6 Å². The number of nitrogens with zero attached hydrogens (tertiary/aromatic N) is 5. The lowest BCUT2D eigenvalue weighted by molar-refractivity contribution is 0.0706. The molecule has 2 aliphatic rings. The van der Waals surface area contributed by atoms with Crippen molar-refractivity contribution in [3.05, 3.63) is 41.6 Å². The monoisotopic (exact) mass is 351 g/mol. The Balaban J connectivity index is 1.31. The number of amides is 1. The fourth-order valence-corrected chi connectivity index (χ4v) is 4.03. The average molecular weight is 351 g/mol. The number of para-hydroxylation sites is 1. The first-order valence-corrected chi connectivity index (χ1v) is 9.16. The van der Waals surface area contributed by atoms with E-state index < -0.39 is 0 Å². The van der Waals surface area contributed by atoms with Crippen molar-refractivity contribution >= 4 is 16.8 Å². The maximum absolute atomic E-state index is 12.9. The van der Waals surface area contributed by atoms with Crippen LogP contribution in [0.3, 0.4) is 0 Å². The molecule has 2 N–H and O–H groups in total. The number of hydrogen-bond donors (Lipinski definition) is 2. The van der Waals surface area contributed by atoms with E-state index in [-0.39, 0.29) is 5.91 Å². The smallest absolute Gasteiger partial charge is 0.274 e. The van der Waals surface area contributed by atoms with E-state index in [9.17, 15) is 4.79 Å². The van der Waals surface area contributed by atoms with Gasteiger partial charge in [0, 0.05) is 37.5 Å². The molecule has 0 aliphatic carbocycles. The van der Waals surface area contributed by atoms with Crippen LogP contribution in [0.15, 0.2) is 24.3 Å². The topological polar surface area (TPSA) is 91.7 Å². The highest BCUT2D eigenvalue weighted by Gasteiger charge is 2.30. The lowest BCUT2D eigenvalue weighted by Gasteiger charge is -2.31. The molecule has 2 aromatic heterocycles. The van der Waals surface area contributed by atoms with Gasteiger partial charge >= 0.3 is 0 Å². The minimum atomic E-state index is 0.00775. The molecule has 134 valence electrons. The summed E-state index contributed by atoms with van der Waals surface area (Å²) in [7, 11) is 0. The van der Waals surface area contributed by atoms with Gasteiger partial charge in [-0.1, -0.05) is 18.2 Å². The maximum atomic E-state index is 12.9. The summed E-state index contributed by atoms with van der Waals surface area (Å²) < 4.78 is 2.25. The molecule has 5 rings (SSSR count). The van der Waals surface area contributed by atoms with Crippen LogP contribution in [0.25, 0.3) is 10.9 Å². The van der Waals surface area contributed by atoms with Crippen molar-refractivity contribution in [1.29, 1.82) is 0 Å². The fourth-order valence-electron chi connectivity index (χ4n) is 4.03. The van der Waals surface area contributed by atoms with Crippen molar-refractivity contribution in [2.24, 2.45) is 0 Å². The molecule has 2 aliphatic heterocycles. The zero-order valence-electron chi connectivity index (χ0n) is 14.5. The number of fused-ring (bicyclic) bond motifs is 2. The number of likely N-dealkylation sites (tertiary alicyclic amines) is 1. The Kier molecular flexibility index (Phi) is 3.70. The van der Waals surface area contributed by atoms with E-state index in [1.165, 1.54) is 0 Å². The predicted octanol–water partition coefficient (Wildman–Crippen LogP) is 1.28. The maximum Gasteiger partial charge on any atom is 0.274 e. The van der Waals surface area contributed by atoms with Crippen LogP contribution in [0.2, 0.25) is 0 Å². The highest BCUT2D eigenvalue weighted by molar-refractivity contribution is 6.04. The number of rotatable bonds is 2. The molecular weight excluding hydrogens is 330 g/mol. The molecule has 26 heavy (non-hydrogen) atoms. The van der Waals surface area contributed by atoms with Gasteiger partial charge in [0.15, 0.2) is 5.69 Å². The summed E-state index contributed by atoms with van der Waals surface area (Å²) in [5.41, 5.74) is 1.42. The van der Waals surface area contributed by atoms with Gasteiger partial charge in [-0.15, -0.1) is 10.2 Å². The van der Waals surface area contributed by atoms with Gasteiger partial charge in [-0.05, 0) is 18.9 Å². The SMILES string of the molecule is O=C(c1n[nH]c2ccccc12)N1CCC(c2nnc3n2CCNC3)CC1. The van der Waals surface area contributed by atoms with Crippen LogP contribution in [0.4, 0.5) is 0 Å². The second kappa shape index (κ2) is 6.21. The normalized spacial score (nSPS) is 18.2. The number of H-pyrrole nitrogens is 1. The molecule has 0 spiro atoms. The number of piperidine rings is 1. The Morgan fingerprint density at radius 3 is 2.85 bits per heavy atom. The van der Waals surface area contributed by atoms with Crippen LogP contribution in [0.5, 0.6) is 0 Å². The van der Waals surface area contributed by atoms with Crippen molar-refractivity contribution in [1.82, 2.24) is 35.2 Å².